The first-order chi connectivity index (χ1) is 17.0. The van der Waals surface area contributed by atoms with Gasteiger partial charge in [-0.15, -0.1) is 22.7 Å². The number of methoxy groups -OCH3 is 2. The Morgan fingerprint density at radius 1 is 1.29 bits per heavy atom. The van der Waals surface area contributed by atoms with Crippen molar-refractivity contribution in [1.82, 2.24) is 19.5 Å². The zero-order valence-electron chi connectivity index (χ0n) is 20.1. The van der Waals surface area contributed by atoms with Crippen LogP contribution in [0.25, 0.3) is 10.3 Å². The number of nitrogens with one attached hydrogen (secondary N) is 1. The summed E-state index contributed by atoms with van der Waals surface area (Å²) in [6, 6.07) is 5.69. The number of hydrogen-bond acceptors (Lipinski definition) is 10. The van der Waals surface area contributed by atoms with E-state index in [2.05, 4.69) is 25.0 Å². The van der Waals surface area contributed by atoms with Gasteiger partial charge in [-0.1, -0.05) is 11.8 Å². The fourth-order valence-corrected chi connectivity index (χ4v) is 5.92. The summed E-state index contributed by atoms with van der Waals surface area (Å²) in [6.07, 6.45) is 6.23. The second-order valence-corrected chi connectivity index (χ2v) is 10.7. The smallest absolute Gasteiger partial charge is 0.230 e. The largest absolute Gasteiger partial charge is 0.497 e. The summed E-state index contributed by atoms with van der Waals surface area (Å²) in [4.78, 5) is 21.7. The molecule has 12 heteroatoms. The normalized spacial score (nSPS) is 11.3. The number of benzene rings is 1. The maximum atomic E-state index is 11.7. The molecule has 0 fully saturated rings. The Morgan fingerprint density at radius 2 is 2.11 bits per heavy atom. The lowest BCUT2D eigenvalue weighted by molar-refractivity contribution is -0.118. The van der Waals surface area contributed by atoms with E-state index in [4.69, 9.17) is 9.47 Å². The Balaban J connectivity index is 1.43. The highest BCUT2D eigenvalue weighted by atomic mass is 32.2. The molecule has 3 aromatic heterocycles. The topological polar surface area (TPSA) is 93.9 Å². The summed E-state index contributed by atoms with van der Waals surface area (Å²) in [5, 5.41) is 9.88. The fourth-order valence-electron chi connectivity index (χ4n) is 3.47. The number of hydrogen-bond donors (Lipinski definition) is 1. The van der Waals surface area contributed by atoms with Gasteiger partial charge in [-0.05, 0) is 25.3 Å². The number of fused-ring (bicyclic) bond motifs is 1. The number of thiazole rings is 2. The summed E-state index contributed by atoms with van der Waals surface area (Å²) >= 11 is 4.73. The first-order valence-corrected chi connectivity index (χ1v) is 13.5. The summed E-state index contributed by atoms with van der Waals surface area (Å²) < 4.78 is 14.8. The third kappa shape index (κ3) is 5.44. The number of aryl methyl sites for hydroxylation is 1. The monoisotopic (exact) mass is 530 g/mol. The minimum Gasteiger partial charge on any atom is -0.497 e. The number of carbonyl (C=O) groups excluding carboxylic acids is 1. The number of aromatic nitrogens is 3. The van der Waals surface area contributed by atoms with E-state index in [-0.39, 0.29) is 0 Å². The Labute approximate surface area is 215 Å². The van der Waals surface area contributed by atoms with Crippen LogP contribution in [0.2, 0.25) is 0 Å². The first kappa shape index (κ1) is 25.0. The molecular formula is C23H26N6O3S3. The van der Waals surface area contributed by atoms with Gasteiger partial charge < -0.3 is 19.4 Å². The van der Waals surface area contributed by atoms with Crippen LogP contribution < -0.4 is 14.8 Å². The van der Waals surface area contributed by atoms with Crippen molar-refractivity contribution >= 4 is 62.5 Å². The maximum absolute atomic E-state index is 11.7. The van der Waals surface area contributed by atoms with Gasteiger partial charge in [0.1, 0.15) is 11.5 Å². The molecule has 0 atom stereocenters. The zero-order valence-corrected chi connectivity index (χ0v) is 22.5. The van der Waals surface area contributed by atoms with Crippen molar-refractivity contribution in [3.8, 4) is 11.5 Å². The quantitative estimate of drug-likeness (QED) is 0.130. The van der Waals surface area contributed by atoms with Crippen LogP contribution in [0, 0.1) is 6.92 Å². The number of amides is 1. The van der Waals surface area contributed by atoms with Gasteiger partial charge in [-0.2, -0.15) is 5.10 Å². The predicted molar refractivity (Wildman–Crippen MR) is 143 cm³/mol. The molecule has 0 unspecified atom stereocenters. The number of rotatable bonds is 11. The van der Waals surface area contributed by atoms with Gasteiger partial charge >= 0.3 is 0 Å². The number of anilines is 1. The third-order valence-electron chi connectivity index (χ3n) is 5.47. The molecule has 9 nitrogen and oxygen atoms in total. The molecule has 184 valence electrons. The molecule has 1 amide bonds. The van der Waals surface area contributed by atoms with Crippen molar-refractivity contribution in [3.05, 3.63) is 46.1 Å². The van der Waals surface area contributed by atoms with E-state index in [9.17, 15) is 4.79 Å². The van der Waals surface area contributed by atoms with Gasteiger partial charge in [-0.3, -0.25) is 4.79 Å². The van der Waals surface area contributed by atoms with Crippen LogP contribution in [0.5, 0.6) is 11.5 Å². The summed E-state index contributed by atoms with van der Waals surface area (Å²) in [5.41, 5.74) is 3.95. The zero-order chi connectivity index (χ0) is 24.9. The fraction of sp³-hybridized carbons (Fsp3) is 0.304. The van der Waals surface area contributed by atoms with Crippen LogP contribution in [-0.2, 0) is 24.9 Å². The molecule has 0 aliphatic rings. The number of ether oxygens (including phenoxy) is 2. The van der Waals surface area contributed by atoms with Crippen LogP contribution in [0.3, 0.4) is 0 Å². The predicted octanol–water partition coefficient (Wildman–Crippen LogP) is 4.74. The average molecular weight is 531 g/mol. The Bertz CT molecular complexity index is 1360. The van der Waals surface area contributed by atoms with Crippen molar-refractivity contribution in [3.63, 3.8) is 0 Å². The molecule has 0 aliphatic carbocycles. The number of hydrazone groups is 1. The molecule has 1 N–H and O–H groups in total. The highest BCUT2D eigenvalue weighted by molar-refractivity contribution is 8.00. The van der Waals surface area contributed by atoms with Gasteiger partial charge in [0.05, 0.1) is 31.7 Å². The van der Waals surface area contributed by atoms with Crippen molar-refractivity contribution in [2.75, 3.05) is 25.8 Å². The Morgan fingerprint density at radius 3 is 2.83 bits per heavy atom. The first-order valence-electron chi connectivity index (χ1n) is 10.6. The van der Waals surface area contributed by atoms with Gasteiger partial charge in [0.25, 0.3) is 0 Å². The lowest BCUT2D eigenvalue weighted by atomic mass is 10.2. The summed E-state index contributed by atoms with van der Waals surface area (Å²) in [5.74, 6) is 1.48. The van der Waals surface area contributed by atoms with Crippen LogP contribution in [0.1, 0.15) is 21.7 Å². The van der Waals surface area contributed by atoms with Crippen LogP contribution in [-0.4, -0.2) is 52.6 Å². The average Bonchev–Trinajstić information content (AvgIpc) is 3.57. The van der Waals surface area contributed by atoms with E-state index in [0.717, 1.165) is 59.4 Å². The van der Waals surface area contributed by atoms with E-state index in [1.165, 1.54) is 16.3 Å². The lowest BCUT2D eigenvalue weighted by Crippen LogP contribution is -2.14. The SMILES string of the molecule is COc1ccc(CNc2ncc(CN(C=O)/N=C\c3c(C)n(C)c4nc(SC)sc34)s2)c(OC)c1. The molecule has 4 rings (SSSR count). The van der Waals surface area contributed by atoms with Crippen molar-refractivity contribution in [2.45, 2.75) is 24.4 Å². The van der Waals surface area contributed by atoms with Crippen LogP contribution in [0.4, 0.5) is 5.13 Å². The van der Waals surface area contributed by atoms with E-state index in [1.54, 1.807) is 49.7 Å². The second kappa shape index (κ2) is 11.1. The molecule has 0 spiro atoms. The van der Waals surface area contributed by atoms with E-state index in [0.29, 0.717) is 13.1 Å². The molecule has 0 aliphatic heterocycles. The second-order valence-electron chi connectivity index (χ2n) is 7.51. The molecule has 0 saturated carbocycles. The minimum atomic E-state index is 0.332. The third-order valence-corrected chi connectivity index (χ3v) is 8.47. The molecule has 35 heavy (non-hydrogen) atoms. The number of nitrogens with zero attached hydrogens (tertiary/aromatic N) is 5. The molecule has 0 radical (unpaired) electrons. The summed E-state index contributed by atoms with van der Waals surface area (Å²) in [7, 11) is 5.25. The Hall–Kier alpha value is -3.09. The van der Waals surface area contributed by atoms with Gasteiger partial charge in [-0.25, -0.2) is 15.0 Å². The summed E-state index contributed by atoms with van der Waals surface area (Å²) in [6.45, 7) is 2.91. The number of carbonyl (C=O) groups is 1. The van der Waals surface area contributed by atoms with Crippen LogP contribution in [0.15, 0.2) is 33.8 Å². The molecule has 0 saturated heterocycles. The number of thioether (sulfide) groups is 1. The van der Waals surface area contributed by atoms with E-state index < -0.39 is 0 Å². The van der Waals surface area contributed by atoms with Gasteiger partial charge in [0.15, 0.2) is 15.1 Å². The molecule has 3 heterocycles. The minimum absolute atomic E-state index is 0.332. The highest BCUT2D eigenvalue weighted by Crippen LogP contribution is 2.33. The molecular weight excluding hydrogens is 504 g/mol. The van der Waals surface area contributed by atoms with Crippen LogP contribution >= 0.6 is 34.4 Å². The van der Waals surface area contributed by atoms with Crippen molar-refractivity contribution < 1.29 is 14.3 Å². The lowest BCUT2D eigenvalue weighted by Gasteiger charge is -2.11. The maximum Gasteiger partial charge on any atom is 0.230 e. The van der Waals surface area contributed by atoms with E-state index in [1.807, 2.05) is 38.4 Å². The van der Waals surface area contributed by atoms with Crippen molar-refractivity contribution in [1.29, 1.82) is 0 Å². The highest BCUT2D eigenvalue weighted by Gasteiger charge is 2.16. The standard InChI is InChI=1S/C23H26N6O3S3/c1-14-18(20-21(28(14)2)27-23(33-5)35-20)11-26-29(13-30)12-17-10-25-22(34-17)24-9-15-6-7-16(31-3)8-19(15)32-4/h6-8,10-11,13H,9,12H2,1-5H3,(H,24,25)/b26-11-. The molecule has 0 bridgehead atoms. The van der Waals surface area contributed by atoms with Gasteiger partial charge in [0.2, 0.25) is 6.41 Å². The van der Waals surface area contributed by atoms with Crippen molar-refractivity contribution in [2.24, 2.45) is 12.1 Å². The Kier molecular flexibility index (Phi) is 7.93. The van der Waals surface area contributed by atoms with Gasteiger partial charge in [0, 0.05) is 47.6 Å². The van der Waals surface area contributed by atoms with E-state index >= 15 is 0 Å². The molecule has 1 aromatic carbocycles. The molecule has 4 aromatic rings.